The molecular formula is C13H13ClOS. The summed E-state index contributed by atoms with van der Waals surface area (Å²) >= 11 is 7.47. The van der Waals surface area contributed by atoms with Crippen molar-refractivity contribution in [3.8, 4) is 0 Å². The van der Waals surface area contributed by atoms with E-state index < -0.39 is 6.10 Å². The normalized spacial score (nSPS) is 12.7. The molecule has 2 rings (SSSR count). The summed E-state index contributed by atoms with van der Waals surface area (Å²) < 4.78 is 0. The van der Waals surface area contributed by atoms with E-state index in [9.17, 15) is 5.11 Å². The van der Waals surface area contributed by atoms with Crippen LogP contribution in [0.5, 0.6) is 0 Å². The molecule has 1 heterocycles. The standard InChI is InChI=1S/C13H13ClOS/c1-2-11-7-8-12(16-11)13(15)9-3-5-10(14)6-4-9/h3-8,13,15H,2H2,1H3. The number of halogens is 1. The molecule has 0 bridgehead atoms. The van der Waals surface area contributed by atoms with Gasteiger partial charge in [0.2, 0.25) is 0 Å². The van der Waals surface area contributed by atoms with E-state index in [4.69, 9.17) is 11.6 Å². The number of thiophene rings is 1. The second-order valence-electron chi connectivity index (χ2n) is 3.61. The summed E-state index contributed by atoms with van der Waals surface area (Å²) in [5, 5.41) is 10.9. The molecular weight excluding hydrogens is 240 g/mol. The molecule has 1 N–H and O–H groups in total. The molecule has 16 heavy (non-hydrogen) atoms. The Kier molecular flexibility index (Phi) is 3.64. The number of hydrogen-bond donors (Lipinski definition) is 1. The van der Waals surface area contributed by atoms with Gasteiger partial charge in [-0.2, -0.15) is 0 Å². The number of aliphatic hydroxyl groups is 1. The van der Waals surface area contributed by atoms with Crippen molar-refractivity contribution in [3.05, 3.63) is 56.7 Å². The van der Waals surface area contributed by atoms with Gasteiger partial charge in [0.15, 0.2) is 0 Å². The number of aliphatic hydroxyl groups excluding tert-OH is 1. The van der Waals surface area contributed by atoms with Gasteiger partial charge in [-0.05, 0) is 36.2 Å². The quantitative estimate of drug-likeness (QED) is 0.874. The maximum absolute atomic E-state index is 10.2. The first-order valence-corrected chi connectivity index (χ1v) is 6.42. The van der Waals surface area contributed by atoms with E-state index in [2.05, 4.69) is 13.0 Å². The van der Waals surface area contributed by atoms with Crippen LogP contribution in [0, 0.1) is 0 Å². The van der Waals surface area contributed by atoms with Gasteiger partial charge in [-0.3, -0.25) is 0 Å². The van der Waals surface area contributed by atoms with E-state index >= 15 is 0 Å². The average Bonchev–Trinajstić information content (AvgIpc) is 2.77. The first kappa shape index (κ1) is 11.6. The molecule has 0 saturated heterocycles. The van der Waals surface area contributed by atoms with Gasteiger partial charge in [0, 0.05) is 14.8 Å². The molecule has 0 radical (unpaired) electrons. The van der Waals surface area contributed by atoms with Crippen LogP contribution in [0.2, 0.25) is 5.02 Å². The van der Waals surface area contributed by atoms with E-state index in [0.29, 0.717) is 5.02 Å². The summed E-state index contributed by atoms with van der Waals surface area (Å²) in [4.78, 5) is 2.28. The van der Waals surface area contributed by atoms with Crippen molar-refractivity contribution in [2.24, 2.45) is 0 Å². The van der Waals surface area contributed by atoms with Crippen molar-refractivity contribution in [2.75, 3.05) is 0 Å². The molecule has 1 nitrogen and oxygen atoms in total. The third-order valence-electron chi connectivity index (χ3n) is 2.49. The Balaban J connectivity index is 2.24. The van der Waals surface area contributed by atoms with Gasteiger partial charge in [0.05, 0.1) is 0 Å². The zero-order chi connectivity index (χ0) is 11.5. The molecule has 1 aromatic heterocycles. The summed E-state index contributed by atoms with van der Waals surface area (Å²) in [6, 6.07) is 11.4. The van der Waals surface area contributed by atoms with Crippen LogP contribution in [-0.4, -0.2) is 5.11 Å². The first-order chi connectivity index (χ1) is 7.70. The number of hydrogen-bond acceptors (Lipinski definition) is 2. The third kappa shape index (κ3) is 2.46. The minimum Gasteiger partial charge on any atom is -0.383 e. The van der Waals surface area contributed by atoms with Gasteiger partial charge in [-0.1, -0.05) is 30.7 Å². The maximum Gasteiger partial charge on any atom is 0.113 e. The van der Waals surface area contributed by atoms with Gasteiger partial charge in [0.25, 0.3) is 0 Å². The van der Waals surface area contributed by atoms with Crippen LogP contribution >= 0.6 is 22.9 Å². The lowest BCUT2D eigenvalue weighted by Crippen LogP contribution is -1.96. The van der Waals surface area contributed by atoms with Crippen LogP contribution in [0.25, 0.3) is 0 Å². The van der Waals surface area contributed by atoms with Crippen LogP contribution in [0.4, 0.5) is 0 Å². The zero-order valence-corrected chi connectivity index (χ0v) is 10.6. The number of aryl methyl sites for hydroxylation is 1. The van der Waals surface area contributed by atoms with Crippen molar-refractivity contribution >= 4 is 22.9 Å². The lowest BCUT2D eigenvalue weighted by molar-refractivity contribution is 0.224. The maximum atomic E-state index is 10.2. The van der Waals surface area contributed by atoms with Gasteiger partial charge in [-0.25, -0.2) is 0 Å². The molecule has 0 aliphatic heterocycles. The molecule has 1 unspecified atom stereocenters. The zero-order valence-electron chi connectivity index (χ0n) is 8.98. The molecule has 0 saturated carbocycles. The Bertz CT molecular complexity index is 461. The van der Waals surface area contributed by atoms with E-state index in [1.807, 2.05) is 18.2 Å². The lowest BCUT2D eigenvalue weighted by atomic mass is 10.1. The van der Waals surface area contributed by atoms with E-state index in [-0.39, 0.29) is 0 Å². The molecule has 3 heteroatoms. The number of rotatable bonds is 3. The highest BCUT2D eigenvalue weighted by Crippen LogP contribution is 2.29. The smallest absolute Gasteiger partial charge is 0.113 e. The second-order valence-corrected chi connectivity index (χ2v) is 5.25. The van der Waals surface area contributed by atoms with Gasteiger partial charge in [0.1, 0.15) is 6.10 Å². The Labute approximate surface area is 104 Å². The molecule has 0 amide bonds. The largest absolute Gasteiger partial charge is 0.383 e. The molecule has 0 spiro atoms. The fourth-order valence-electron chi connectivity index (χ4n) is 1.54. The predicted molar refractivity (Wildman–Crippen MR) is 69.2 cm³/mol. The Hall–Kier alpha value is -0.830. The monoisotopic (exact) mass is 252 g/mol. The molecule has 0 aliphatic rings. The Morgan fingerprint density at radius 1 is 1.19 bits per heavy atom. The minimum absolute atomic E-state index is 0.539. The summed E-state index contributed by atoms with van der Waals surface area (Å²) in [6.07, 6.45) is 0.473. The van der Waals surface area contributed by atoms with Crippen molar-refractivity contribution in [1.29, 1.82) is 0 Å². The first-order valence-electron chi connectivity index (χ1n) is 5.23. The summed E-state index contributed by atoms with van der Waals surface area (Å²) in [5.74, 6) is 0. The van der Waals surface area contributed by atoms with Crippen molar-refractivity contribution in [3.63, 3.8) is 0 Å². The fraction of sp³-hybridized carbons (Fsp3) is 0.231. The molecule has 84 valence electrons. The van der Waals surface area contributed by atoms with Gasteiger partial charge < -0.3 is 5.11 Å². The summed E-state index contributed by atoms with van der Waals surface area (Å²) in [5.41, 5.74) is 0.883. The Morgan fingerprint density at radius 2 is 1.88 bits per heavy atom. The van der Waals surface area contributed by atoms with E-state index in [1.165, 1.54) is 4.88 Å². The van der Waals surface area contributed by atoms with E-state index in [0.717, 1.165) is 16.9 Å². The minimum atomic E-state index is -0.539. The predicted octanol–water partition coefficient (Wildman–Crippen LogP) is 4.05. The third-order valence-corrected chi connectivity index (χ3v) is 4.02. The lowest BCUT2D eigenvalue weighted by Gasteiger charge is -2.08. The highest BCUT2D eigenvalue weighted by atomic mass is 35.5. The van der Waals surface area contributed by atoms with Gasteiger partial charge >= 0.3 is 0 Å². The van der Waals surface area contributed by atoms with Crippen molar-refractivity contribution in [1.82, 2.24) is 0 Å². The number of benzene rings is 1. The van der Waals surface area contributed by atoms with Crippen LogP contribution in [0.15, 0.2) is 36.4 Å². The highest BCUT2D eigenvalue weighted by molar-refractivity contribution is 7.12. The SMILES string of the molecule is CCc1ccc(C(O)c2ccc(Cl)cc2)s1. The molecule has 1 aromatic carbocycles. The molecule has 0 aliphatic carbocycles. The van der Waals surface area contributed by atoms with Crippen LogP contribution in [0.3, 0.4) is 0 Å². The average molecular weight is 253 g/mol. The highest BCUT2D eigenvalue weighted by Gasteiger charge is 2.12. The van der Waals surface area contributed by atoms with Crippen LogP contribution in [-0.2, 0) is 6.42 Å². The van der Waals surface area contributed by atoms with E-state index in [1.54, 1.807) is 23.5 Å². The fourth-order valence-corrected chi connectivity index (χ4v) is 2.63. The second kappa shape index (κ2) is 5.00. The van der Waals surface area contributed by atoms with Crippen LogP contribution in [0.1, 0.15) is 28.3 Å². The van der Waals surface area contributed by atoms with Crippen LogP contribution < -0.4 is 0 Å². The van der Waals surface area contributed by atoms with Crippen molar-refractivity contribution in [2.45, 2.75) is 19.4 Å². The molecule has 2 aromatic rings. The molecule has 1 atom stereocenters. The van der Waals surface area contributed by atoms with Crippen molar-refractivity contribution < 1.29 is 5.11 Å². The molecule has 0 fully saturated rings. The van der Waals surface area contributed by atoms with Gasteiger partial charge in [-0.15, -0.1) is 11.3 Å². The Morgan fingerprint density at radius 3 is 2.44 bits per heavy atom. The summed E-state index contributed by atoms with van der Waals surface area (Å²) in [7, 11) is 0. The topological polar surface area (TPSA) is 20.2 Å². The summed E-state index contributed by atoms with van der Waals surface area (Å²) in [6.45, 7) is 2.12.